The van der Waals surface area contributed by atoms with Crippen LogP contribution in [0.25, 0.3) is 11.0 Å². The van der Waals surface area contributed by atoms with Gasteiger partial charge < -0.3 is 16.0 Å². The van der Waals surface area contributed by atoms with Crippen molar-refractivity contribution in [2.24, 2.45) is 7.05 Å². The van der Waals surface area contributed by atoms with E-state index in [0.717, 1.165) is 62.4 Å². The third-order valence-corrected chi connectivity index (χ3v) is 9.77. The van der Waals surface area contributed by atoms with E-state index >= 15 is 0 Å². The van der Waals surface area contributed by atoms with Gasteiger partial charge in [0, 0.05) is 54.9 Å². The summed E-state index contributed by atoms with van der Waals surface area (Å²) < 4.78 is 3.08. The number of anilines is 2. The standard InChI is InChI=1S/C42H43ClN8O5/c1-50-36-25-29(14-16-34(36)51(42(50)56)35-17-18-38(52)49-40(35)54)10-7-5-3-2-4-6-8-21-46-39(53)30-12-9-11-28(24-30)13-15-31-26-32(19-22-44-31)47-41(55)48-33-20-23-45-37(43)27-33/h9,11-12,14,16,19-20,22-27,35H,2-8,10,17-18,21H2,1H3,(H,46,53)(H,49,52,54)(H2,44,45,47,48,55). The maximum atomic E-state index is 13.0. The normalized spacial score (nSPS) is 13.8. The van der Waals surface area contributed by atoms with Gasteiger partial charge in [0.25, 0.3) is 5.91 Å². The molecule has 0 radical (unpaired) electrons. The molecule has 0 bridgehead atoms. The minimum absolute atomic E-state index is 0.148. The molecule has 4 heterocycles. The smallest absolute Gasteiger partial charge is 0.329 e. The molecule has 1 aliphatic rings. The molecule has 0 aliphatic carbocycles. The summed E-state index contributed by atoms with van der Waals surface area (Å²) >= 11 is 5.88. The van der Waals surface area contributed by atoms with Crippen LogP contribution in [-0.2, 0) is 23.1 Å². The summed E-state index contributed by atoms with van der Waals surface area (Å²) in [6, 6.07) is 18.4. The Morgan fingerprint density at radius 3 is 2.34 bits per heavy atom. The summed E-state index contributed by atoms with van der Waals surface area (Å²) in [5, 5.41) is 11.1. The predicted molar refractivity (Wildman–Crippen MR) is 216 cm³/mol. The van der Waals surface area contributed by atoms with Crippen molar-refractivity contribution in [3.8, 4) is 11.8 Å². The molecule has 1 atom stereocenters. The van der Waals surface area contributed by atoms with Crippen LogP contribution in [0.3, 0.4) is 0 Å². The third-order valence-electron chi connectivity index (χ3n) is 9.57. The van der Waals surface area contributed by atoms with Gasteiger partial charge in [-0.15, -0.1) is 0 Å². The van der Waals surface area contributed by atoms with Gasteiger partial charge in [0.15, 0.2) is 0 Å². The molecule has 1 aliphatic heterocycles. The lowest BCUT2D eigenvalue weighted by Crippen LogP contribution is -2.44. The molecular formula is C42H43ClN8O5. The SMILES string of the molecule is Cn1c(=O)n(C2CCC(=O)NC2=O)c2ccc(CCCCCCCCCNC(=O)c3cccc(C#Cc4cc(NC(=O)Nc5ccnc(Cl)c5)ccn4)c3)cc21. The Labute approximate surface area is 329 Å². The van der Waals surface area contributed by atoms with E-state index in [4.69, 9.17) is 11.6 Å². The van der Waals surface area contributed by atoms with Gasteiger partial charge in [-0.25, -0.2) is 19.6 Å². The summed E-state index contributed by atoms with van der Waals surface area (Å²) in [6.45, 7) is 0.594. The van der Waals surface area contributed by atoms with Crippen molar-refractivity contribution >= 4 is 57.8 Å². The Balaban J connectivity index is 0.870. The highest BCUT2D eigenvalue weighted by molar-refractivity contribution is 6.29. The number of urea groups is 1. The van der Waals surface area contributed by atoms with Crippen LogP contribution in [0, 0.1) is 11.8 Å². The molecule has 1 saturated heterocycles. The quantitative estimate of drug-likeness (QED) is 0.0432. The van der Waals surface area contributed by atoms with E-state index in [1.807, 2.05) is 24.3 Å². The molecule has 0 spiro atoms. The van der Waals surface area contributed by atoms with E-state index in [1.165, 1.54) is 10.8 Å². The molecule has 1 unspecified atom stereocenters. The van der Waals surface area contributed by atoms with E-state index < -0.39 is 18.0 Å². The van der Waals surface area contributed by atoms with Crippen molar-refractivity contribution in [2.75, 3.05) is 17.2 Å². The Morgan fingerprint density at radius 2 is 1.57 bits per heavy atom. The molecule has 3 aromatic heterocycles. The highest BCUT2D eigenvalue weighted by Crippen LogP contribution is 2.24. The van der Waals surface area contributed by atoms with Crippen molar-refractivity contribution < 1.29 is 19.2 Å². The van der Waals surface area contributed by atoms with Gasteiger partial charge >= 0.3 is 11.7 Å². The fourth-order valence-electron chi connectivity index (χ4n) is 6.66. The van der Waals surface area contributed by atoms with Crippen LogP contribution < -0.4 is 27.0 Å². The molecule has 14 heteroatoms. The van der Waals surface area contributed by atoms with E-state index in [2.05, 4.69) is 43.1 Å². The number of carbonyl (C=O) groups excluding carboxylic acids is 4. The number of unbranched alkanes of at least 4 members (excludes halogenated alkanes) is 6. The van der Waals surface area contributed by atoms with Crippen molar-refractivity contribution in [1.82, 2.24) is 29.7 Å². The van der Waals surface area contributed by atoms with Crippen LogP contribution in [0.15, 0.2) is 83.9 Å². The van der Waals surface area contributed by atoms with Crippen molar-refractivity contribution in [2.45, 2.75) is 70.3 Å². The maximum Gasteiger partial charge on any atom is 0.329 e. The highest BCUT2D eigenvalue weighted by Gasteiger charge is 2.31. The zero-order valence-corrected chi connectivity index (χ0v) is 31.8. The van der Waals surface area contributed by atoms with Crippen LogP contribution in [0.5, 0.6) is 0 Å². The number of nitrogens with zero attached hydrogens (tertiary/aromatic N) is 4. The maximum absolute atomic E-state index is 13.0. The second-order valence-corrected chi connectivity index (χ2v) is 14.1. The number of benzene rings is 2. The van der Waals surface area contributed by atoms with Crippen molar-refractivity contribution in [1.29, 1.82) is 0 Å². The van der Waals surface area contributed by atoms with Gasteiger partial charge in [0.1, 0.15) is 16.9 Å². The number of pyridine rings is 2. The van der Waals surface area contributed by atoms with E-state index in [-0.39, 0.29) is 29.1 Å². The van der Waals surface area contributed by atoms with E-state index in [9.17, 15) is 24.0 Å². The zero-order chi connectivity index (χ0) is 39.4. The first kappa shape index (κ1) is 39.4. The lowest BCUT2D eigenvalue weighted by atomic mass is 10.0. The number of fused-ring (bicyclic) bond motifs is 1. The molecule has 288 valence electrons. The van der Waals surface area contributed by atoms with Gasteiger partial charge in [0.05, 0.1) is 11.0 Å². The minimum atomic E-state index is -0.683. The van der Waals surface area contributed by atoms with Crippen LogP contribution >= 0.6 is 11.6 Å². The number of aromatic nitrogens is 4. The van der Waals surface area contributed by atoms with E-state index in [0.29, 0.717) is 46.7 Å². The Kier molecular flexibility index (Phi) is 13.3. The number of amides is 5. The summed E-state index contributed by atoms with van der Waals surface area (Å²) in [4.78, 5) is 70.4. The number of carbonyl (C=O) groups is 4. The number of hydrogen-bond donors (Lipinski definition) is 4. The number of aryl methyl sites for hydroxylation is 2. The van der Waals surface area contributed by atoms with Crippen molar-refractivity contribution in [3.05, 3.63) is 117 Å². The van der Waals surface area contributed by atoms with E-state index in [1.54, 1.807) is 60.3 Å². The predicted octanol–water partition coefficient (Wildman–Crippen LogP) is 6.51. The largest absolute Gasteiger partial charge is 0.352 e. The fourth-order valence-corrected chi connectivity index (χ4v) is 6.83. The monoisotopic (exact) mass is 774 g/mol. The number of halogens is 1. The van der Waals surface area contributed by atoms with Gasteiger partial charge in [-0.1, -0.05) is 61.8 Å². The zero-order valence-electron chi connectivity index (χ0n) is 31.1. The van der Waals surface area contributed by atoms with Crippen LogP contribution in [0.2, 0.25) is 5.15 Å². The first-order valence-electron chi connectivity index (χ1n) is 18.7. The molecule has 1 fully saturated rings. The number of imide groups is 1. The summed E-state index contributed by atoms with van der Waals surface area (Å²) in [7, 11) is 1.71. The molecule has 13 nitrogen and oxygen atoms in total. The van der Waals surface area contributed by atoms with Gasteiger partial charge in [-0.3, -0.25) is 28.8 Å². The van der Waals surface area contributed by atoms with Crippen LogP contribution in [-0.4, -0.2) is 49.4 Å². The molecule has 6 rings (SSSR count). The lowest BCUT2D eigenvalue weighted by Gasteiger charge is -2.21. The Hall–Kier alpha value is -6.26. The van der Waals surface area contributed by atoms with Crippen LogP contribution in [0.1, 0.15) is 91.0 Å². The molecule has 2 aromatic carbocycles. The number of imidazole rings is 1. The first-order valence-corrected chi connectivity index (χ1v) is 19.1. The third kappa shape index (κ3) is 10.5. The molecule has 5 amide bonds. The van der Waals surface area contributed by atoms with Crippen LogP contribution in [0.4, 0.5) is 16.2 Å². The van der Waals surface area contributed by atoms with Gasteiger partial charge in [0.2, 0.25) is 11.8 Å². The van der Waals surface area contributed by atoms with Gasteiger partial charge in [-0.05, 0) is 91.8 Å². The molecule has 4 N–H and O–H groups in total. The fraction of sp³-hybridized carbons (Fsp3) is 0.310. The number of nitrogens with one attached hydrogen (secondary N) is 4. The summed E-state index contributed by atoms with van der Waals surface area (Å²) in [5.74, 6) is 5.16. The summed E-state index contributed by atoms with van der Waals surface area (Å²) in [6.07, 6.45) is 11.9. The molecular weight excluding hydrogens is 732 g/mol. The summed E-state index contributed by atoms with van der Waals surface area (Å²) in [5.41, 5.74) is 5.05. The Morgan fingerprint density at radius 1 is 0.839 bits per heavy atom. The number of rotatable bonds is 14. The molecule has 0 saturated carbocycles. The number of hydrogen-bond acceptors (Lipinski definition) is 7. The molecule has 5 aromatic rings. The Bertz CT molecular complexity index is 2380. The second-order valence-electron chi connectivity index (χ2n) is 13.7. The molecule has 56 heavy (non-hydrogen) atoms. The topological polar surface area (TPSA) is 169 Å². The number of piperidine rings is 1. The average Bonchev–Trinajstić information content (AvgIpc) is 3.42. The average molecular weight is 775 g/mol. The lowest BCUT2D eigenvalue weighted by molar-refractivity contribution is -0.135. The minimum Gasteiger partial charge on any atom is -0.352 e. The first-order chi connectivity index (χ1) is 27.1. The van der Waals surface area contributed by atoms with Crippen molar-refractivity contribution in [3.63, 3.8) is 0 Å². The highest BCUT2D eigenvalue weighted by atomic mass is 35.5. The van der Waals surface area contributed by atoms with Gasteiger partial charge in [-0.2, -0.15) is 0 Å². The second kappa shape index (κ2) is 18.9.